The van der Waals surface area contributed by atoms with Crippen molar-refractivity contribution >= 4 is 98.4 Å². The van der Waals surface area contributed by atoms with Gasteiger partial charge in [0.2, 0.25) is 16.7 Å². The molecule has 0 amide bonds. The fourth-order valence-corrected chi connectivity index (χ4v) is 13.1. The van der Waals surface area contributed by atoms with Crippen LogP contribution in [0.4, 0.5) is 0 Å². The van der Waals surface area contributed by atoms with Gasteiger partial charge in [-0.1, -0.05) is 146 Å². The van der Waals surface area contributed by atoms with Gasteiger partial charge in [0.05, 0.1) is 27.5 Å². The molecule has 412 valence electrons. The summed E-state index contributed by atoms with van der Waals surface area (Å²) in [5.41, 5.74) is 16.0. The molecule has 15 aromatic rings. The lowest BCUT2D eigenvalue weighted by Crippen LogP contribution is -2.31. The van der Waals surface area contributed by atoms with E-state index in [2.05, 4.69) is 95.4 Å². The number of furan rings is 3. The van der Waals surface area contributed by atoms with Gasteiger partial charge in [-0.2, -0.15) is 13.7 Å². The molecule has 16 rings (SSSR count). The SMILES string of the molecule is Cc1ccccc1-c1c2oc3c4ccc(C5CCCCC5)cc4ccc3c2cc[n+]1C.[2H]C([2H])([2H])c1c[n+](C)c(-c2ccccc2C)c2oc3c4ccccc4cnc3c12.[2H]C([2H])([2H])c1ccc(-c2c3oc4c5ccccc5cnc4c3c(C([2H])([2H])[2H])c[n+]2C)c(C)c1. The number of aromatic nitrogens is 5. The minimum atomic E-state index is -2.38. The molecule has 0 spiro atoms. The first-order valence-corrected chi connectivity index (χ1v) is 28.8. The highest BCUT2D eigenvalue weighted by atomic mass is 16.3. The summed E-state index contributed by atoms with van der Waals surface area (Å²) >= 11 is 0. The number of fused-ring (bicyclic) bond motifs is 15. The highest BCUT2D eigenvalue weighted by Gasteiger charge is 2.29. The molecule has 8 heteroatoms. The monoisotopic (exact) mass is 1110 g/mol. The zero-order chi connectivity index (χ0) is 65.0. The van der Waals surface area contributed by atoms with E-state index in [-0.39, 0.29) is 16.7 Å². The lowest BCUT2D eigenvalue weighted by Gasteiger charge is -2.22. The van der Waals surface area contributed by atoms with Gasteiger partial charge in [0.15, 0.2) is 29.8 Å². The standard InChI is InChI=1S/C29H28NO.C24H21N2O.C23H19N2O/c1-19-8-6-7-11-23(19)27-29-26(16-17-30(27)2)25-15-13-22-18-21(20-9-4-3-5-10-20)12-14-24(22)28(25)31-29;1-14-9-10-18(15(2)11-14)22-24-20(16(3)13-26(22)4)21-23(27-24)19-8-6-5-7-17(19)12-25-21;1-14-8-4-6-10-17(14)21-23-19(15(2)13-25(21)3)20-22(26-23)18-11-7-5-9-16(18)12-24-20/h6-8,11-18,20H,3-5,9-10H2,1-2H3;5-13H,1-4H3;4-13H,1-3H3/q3*+1/i;1D3,3D3;2D3. The fourth-order valence-electron chi connectivity index (χ4n) is 13.1. The van der Waals surface area contributed by atoms with Gasteiger partial charge in [-0.25, -0.2) is 0 Å². The maximum absolute atomic E-state index is 8.13. The summed E-state index contributed by atoms with van der Waals surface area (Å²) in [4.78, 5) is 9.18. The Morgan fingerprint density at radius 2 is 0.929 bits per heavy atom. The number of aryl methyl sites for hydroxylation is 9. The Kier molecular flexibility index (Phi) is 10.8. The van der Waals surface area contributed by atoms with E-state index in [4.69, 9.17) is 25.6 Å². The quantitative estimate of drug-likeness (QED) is 0.164. The van der Waals surface area contributed by atoms with Crippen LogP contribution < -0.4 is 13.7 Å². The summed E-state index contributed by atoms with van der Waals surface area (Å²) in [6.45, 7) is -0.837. The third-order valence-corrected chi connectivity index (χ3v) is 17.3. The van der Waals surface area contributed by atoms with E-state index in [1.54, 1.807) is 54.6 Å². The predicted molar refractivity (Wildman–Crippen MR) is 343 cm³/mol. The van der Waals surface area contributed by atoms with Crippen molar-refractivity contribution in [3.8, 4) is 33.8 Å². The Labute approximate surface area is 501 Å². The van der Waals surface area contributed by atoms with E-state index in [1.165, 1.54) is 70.3 Å². The van der Waals surface area contributed by atoms with Gasteiger partial charge < -0.3 is 13.3 Å². The Morgan fingerprint density at radius 3 is 1.50 bits per heavy atom. The van der Waals surface area contributed by atoms with E-state index in [0.717, 1.165) is 72.3 Å². The van der Waals surface area contributed by atoms with E-state index < -0.39 is 20.6 Å². The number of nitrogens with zero attached hydrogens (tertiary/aromatic N) is 5. The fraction of sp³-hybridized carbons (Fsp3) is 0.197. The van der Waals surface area contributed by atoms with E-state index in [0.29, 0.717) is 49.8 Å². The third kappa shape index (κ3) is 8.85. The molecule has 1 aliphatic rings. The van der Waals surface area contributed by atoms with Crippen LogP contribution in [0.2, 0.25) is 0 Å². The largest absolute Gasteiger partial charge is 0.448 e. The summed E-state index contributed by atoms with van der Waals surface area (Å²) < 4.78 is 97.0. The van der Waals surface area contributed by atoms with Crippen LogP contribution >= 0.6 is 0 Å². The van der Waals surface area contributed by atoms with Gasteiger partial charge >= 0.3 is 0 Å². The Morgan fingerprint density at radius 1 is 0.417 bits per heavy atom. The molecule has 8 heterocycles. The first kappa shape index (κ1) is 43.2. The zero-order valence-electron chi connectivity index (χ0n) is 56.9. The van der Waals surface area contributed by atoms with Crippen LogP contribution in [-0.2, 0) is 21.1 Å². The van der Waals surface area contributed by atoms with Crippen molar-refractivity contribution in [3.05, 3.63) is 222 Å². The van der Waals surface area contributed by atoms with E-state index in [9.17, 15) is 0 Å². The van der Waals surface area contributed by atoms with Crippen LogP contribution in [0.15, 0.2) is 196 Å². The highest BCUT2D eigenvalue weighted by molar-refractivity contribution is 6.18. The van der Waals surface area contributed by atoms with Crippen molar-refractivity contribution in [3.63, 3.8) is 0 Å². The van der Waals surface area contributed by atoms with Crippen molar-refractivity contribution in [1.29, 1.82) is 0 Å². The molecule has 0 unspecified atom stereocenters. The van der Waals surface area contributed by atoms with Crippen LogP contribution in [-0.4, -0.2) is 9.97 Å². The smallest absolute Gasteiger partial charge is 0.256 e. The van der Waals surface area contributed by atoms with Gasteiger partial charge in [0.25, 0.3) is 17.1 Å². The molecule has 1 aliphatic carbocycles. The minimum Gasteiger partial charge on any atom is -0.448 e. The molecule has 8 nitrogen and oxygen atoms in total. The predicted octanol–water partition coefficient (Wildman–Crippen LogP) is 18.4. The second-order valence-corrected chi connectivity index (χ2v) is 22.7. The molecule has 0 aliphatic heterocycles. The Bertz CT molecular complexity index is 5500. The molecule has 0 N–H and O–H groups in total. The van der Waals surface area contributed by atoms with Crippen LogP contribution in [0.3, 0.4) is 0 Å². The minimum absolute atomic E-state index is 0.155. The first-order valence-electron chi connectivity index (χ1n) is 33.3. The number of rotatable bonds is 4. The summed E-state index contributed by atoms with van der Waals surface area (Å²) in [5.74, 6) is 0.719. The van der Waals surface area contributed by atoms with Gasteiger partial charge in [0, 0.05) is 79.6 Å². The number of hydrogen-bond donors (Lipinski definition) is 0. The molecular formula is C76H68N5O3+3. The van der Waals surface area contributed by atoms with Crippen LogP contribution in [0.25, 0.3) is 132 Å². The van der Waals surface area contributed by atoms with Crippen molar-refractivity contribution in [2.45, 2.75) is 79.3 Å². The topological polar surface area (TPSA) is 76.8 Å². The average Bonchev–Trinajstić information content (AvgIpc) is 1.60. The third-order valence-electron chi connectivity index (χ3n) is 17.3. The maximum Gasteiger partial charge on any atom is 0.256 e. The zero-order valence-corrected chi connectivity index (χ0v) is 47.9. The van der Waals surface area contributed by atoms with Crippen molar-refractivity contribution in [2.24, 2.45) is 21.1 Å². The molecule has 0 saturated heterocycles. The van der Waals surface area contributed by atoms with Crippen molar-refractivity contribution in [2.75, 3.05) is 0 Å². The van der Waals surface area contributed by atoms with Crippen LogP contribution in [0.1, 0.15) is 89.3 Å². The average molecular weight is 1110 g/mol. The van der Waals surface area contributed by atoms with Gasteiger partial charge in [-0.3, -0.25) is 9.97 Å². The van der Waals surface area contributed by atoms with Crippen LogP contribution in [0.5, 0.6) is 0 Å². The Hall–Kier alpha value is -9.53. The number of pyridine rings is 5. The summed E-state index contributed by atoms with van der Waals surface area (Å²) in [5, 5.41) is 9.50. The summed E-state index contributed by atoms with van der Waals surface area (Å²) in [6, 6.07) is 50.8. The molecule has 0 atom stereocenters. The summed E-state index contributed by atoms with van der Waals surface area (Å²) in [6.07, 6.45) is 15.7. The normalized spacial score (nSPS) is 15.0. The van der Waals surface area contributed by atoms with Gasteiger partial charge in [-0.15, -0.1) is 0 Å². The molecule has 84 heavy (non-hydrogen) atoms. The molecule has 1 fully saturated rings. The maximum atomic E-state index is 8.13. The van der Waals surface area contributed by atoms with E-state index in [1.807, 2.05) is 98.3 Å². The molecule has 7 aromatic carbocycles. The van der Waals surface area contributed by atoms with Crippen LogP contribution in [0, 0.1) is 41.3 Å². The molecular weight excluding hydrogens is 1030 g/mol. The summed E-state index contributed by atoms with van der Waals surface area (Å²) in [7, 11) is 5.72. The first-order chi connectivity index (χ1) is 44.5. The molecule has 1 saturated carbocycles. The van der Waals surface area contributed by atoms with Gasteiger partial charge in [-0.05, 0) is 112 Å². The molecule has 0 bridgehead atoms. The lowest BCUT2D eigenvalue weighted by atomic mass is 9.83. The molecule has 8 aromatic heterocycles. The number of benzene rings is 7. The second-order valence-electron chi connectivity index (χ2n) is 22.7. The highest BCUT2D eigenvalue weighted by Crippen LogP contribution is 2.43. The van der Waals surface area contributed by atoms with Crippen molar-refractivity contribution in [1.82, 2.24) is 9.97 Å². The number of hydrogen-bond acceptors (Lipinski definition) is 5. The second kappa shape index (κ2) is 21.0. The lowest BCUT2D eigenvalue weighted by molar-refractivity contribution is -0.659. The van der Waals surface area contributed by atoms with Crippen molar-refractivity contribution < 1.29 is 39.3 Å². The molecule has 0 radical (unpaired) electrons. The van der Waals surface area contributed by atoms with E-state index >= 15 is 0 Å². The van der Waals surface area contributed by atoms with Gasteiger partial charge in [0.1, 0.15) is 37.8 Å². The Balaban J connectivity index is 0.000000121.